The Hall–Kier alpha value is -2.86. The maximum Gasteiger partial charge on any atom is 0.340 e. The van der Waals surface area contributed by atoms with E-state index in [1.54, 1.807) is 19.2 Å². The van der Waals surface area contributed by atoms with E-state index in [-0.39, 0.29) is 11.8 Å². The summed E-state index contributed by atoms with van der Waals surface area (Å²) >= 11 is 3.43. The summed E-state index contributed by atoms with van der Waals surface area (Å²) in [6.07, 6.45) is 3.74. The molecule has 3 aromatic rings. The molecule has 1 heterocycles. The number of nitrogen functional groups attached to an aromatic ring is 1. The number of carbonyl (C=O) groups is 1. The number of nitrogens with two attached hydrogens (primary N) is 1. The summed E-state index contributed by atoms with van der Waals surface area (Å²) < 4.78 is 8.15. The third-order valence-electron chi connectivity index (χ3n) is 4.13. The van der Waals surface area contributed by atoms with Gasteiger partial charge in [0.1, 0.15) is 5.84 Å². The number of amidine groups is 1. The maximum absolute atomic E-state index is 12.4. The highest BCUT2D eigenvalue weighted by atomic mass is 79.9. The van der Waals surface area contributed by atoms with E-state index < -0.39 is 0 Å². The summed E-state index contributed by atoms with van der Waals surface area (Å²) in [5.41, 5.74) is 9.55. The first kappa shape index (κ1) is 18.9. The summed E-state index contributed by atoms with van der Waals surface area (Å²) in [7, 11) is 0. The van der Waals surface area contributed by atoms with E-state index in [0.717, 1.165) is 21.2 Å². The van der Waals surface area contributed by atoms with Gasteiger partial charge in [0, 0.05) is 34.5 Å². The lowest BCUT2D eigenvalue weighted by Crippen LogP contribution is -2.11. The Bertz CT molecular complexity index is 977. The molecule has 5 nitrogen and oxygen atoms in total. The quantitative estimate of drug-likeness (QED) is 0.348. The first-order chi connectivity index (χ1) is 13.0. The molecule has 0 aliphatic carbocycles. The molecule has 1 aromatic heterocycles. The Morgan fingerprint density at radius 2 is 1.93 bits per heavy atom. The third-order valence-corrected chi connectivity index (χ3v) is 4.66. The zero-order valence-electron chi connectivity index (χ0n) is 14.9. The highest BCUT2D eigenvalue weighted by molar-refractivity contribution is 9.10. The van der Waals surface area contributed by atoms with Gasteiger partial charge in [-0.05, 0) is 36.2 Å². The average Bonchev–Trinajstić information content (AvgIpc) is 3.06. The van der Waals surface area contributed by atoms with Gasteiger partial charge >= 0.3 is 5.97 Å². The second-order valence-electron chi connectivity index (χ2n) is 6.10. The van der Waals surface area contributed by atoms with Gasteiger partial charge in [0.25, 0.3) is 0 Å². The third kappa shape index (κ3) is 4.46. The van der Waals surface area contributed by atoms with Crippen LogP contribution in [0.4, 0.5) is 0 Å². The van der Waals surface area contributed by atoms with Gasteiger partial charge in [-0.15, -0.1) is 0 Å². The Morgan fingerprint density at radius 3 is 2.59 bits per heavy atom. The second kappa shape index (κ2) is 8.22. The van der Waals surface area contributed by atoms with Crippen molar-refractivity contribution in [3.05, 3.63) is 82.1 Å². The average molecular weight is 426 g/mol. The molecule has 27 heavy (non-hydrogen) atoms. The standard InChI is InChI=1S/C21H20BrN3O2/c1-2-27-21(26)19-13-25(11-14-4-3-5-16(10-14)20(23)24)12-18(19)15-6-8-17(22)9-7-15/h3-10,12-13H,2,11H2,1H3,(H3,23,24). The zero-order valence-corrected chi connectivity index (χ0v) is 16.5. The van der Waals surface area contributed by atoms with Crippen molar-refractivity contribution in [3.63, 3.8) is 0 Å². The first-order valence-corrected chi connectivity index (χ1v) is 9.33. The van der Waals surface area contributed by atoms with Crippen molar-refractivity contribution in [2.24, 2.45) is 5.73 Å². The number of halogens is 1. The van der Waals surface area contributed by atoms with Crippen LogP contribution >= 0.6 is 15.9 Å². The fraction of sp³-hybridized carbons (Fsp3) is 0.143. The summed E-state index contributed by atoms with van der Waals surface area (Å²) in [5.74, 6) is -0.307. The smallest absolute Gasteiger partial charge is 0.340 e. The summed E-state index contributed by atoms with van der Waals surface area (Å²) in [6, 6.07) is 15.3. The number of nitrogens with one attached hydrogen (secondary N) is 1. The Balaban J connectivity index is 1.98. The monoisotopic (exact) mass is 425 g/mol. The number of esters is 1. The number of hydrogen-bond acceptors (Lipinski definition) is 3. The number of aromatic nitrogens is 1. The van der Waals surface area contributed by atoms with Gasteiger partial charge in [0.05, 0.1) is 12.2 Å². The molecule has 0 aliphatic heterocycles. The van der Waals surface area contributed by atoms with Crippen molar-refractivity contribution in [2.45, 2.75) is 13.5 Å². The van der Waals surface area contributed by atoms with Crippen molar-refractivity contribution in [1.29, 1.82) is 5.41 Å². The minimum atomic E-state index is -0.341. The van der Waals surface area contributed by atoms with Gasteiger partial charge in [-0.3, -0.25) is 5.41 Å². The second-order valence-corrected chi connectivity index (χ2v) is 7.01. The van der Waals surface area contributed by atoms with E-state index in [1.165, 1.54) is 0 Å². The minimum absolute atomic E-state index is 0.0344. The molecule has 0 amide bonds. The van der Waals surface area contributed by atoms with Crippen molar-refractivity contribution in [1.82, 2.24) is 4.57 Å². The van der Waals surface area contributed by atoms with E-state index in [1.807, 2.05) is 53.2 Å². The summed E-state index contributed by atoms with van der Waals surface area (Å²) in [4.78, 5) is 12.4. The van der Waals surface area contributed by atoms with Crippen LogP contribution in [0.3, 0.4) is 0 Å². The lowest BCUT2D eigenvalue weighted by atomic mass is 10.1. The Kier molecular flexibility index (Phi) is 5.76. The molecular weight excluding hydrogens is 406 g/mol. The fourth-order valence-corrected chi connectivity index (χ4v) is 3.14. The predicted octanol–water partition coefficient (Wildman–Crippen LogP) is 4.43. The van der Waals surface area contributed by atoms with Gasteiger partial charge in [-0.2, -0.15) is 0 Å². The zero-order chi connectivity index (χ0) is 19.4. The van der Waals surface area contributed by atoms with Gasteiger partial charge in [0.2, 0.25) is 0 Å². The van der Waals surface area contributed by atoms with E-state index in [0.29, 0.717) is 24.3 Å². The molecule has 3 N–H and O–H groups in total. The molecule has 0 saturated carbocycles. The molecule has 0 aliphatic rings. The van der Waals surface area contributed by atoms with Crippen molar-refractivity contribution in [3.8, 4) is 11.1 Å². The molecule has 2 aromatic carbocycles. The fourth-order valence-electron chi connectivity index (χ4n) is 2.88. The highest BCUT2D eigenvalue weighted by Gasteiger charge is 2.17. The highest BCUT2D eigenvalue weighted by Crippen LogP contribution is 2.27. The SMILES string of the molecule is CCOC(=O)c1cn(Cc2cccc(C(=N)N)c2)cc1-c1ccc(Br)cc1. The van der Waals surface area contributed by atoms with E-state index >= 15 is 0 Å². The summed E-state index contributed by atoms with van der Waals surface area (Å²) in [5, 5.41) is 7.59. The van der Waals surface area contributed by atoms with Gasteiger partial charge in [-0.1, -0.05) is 46.3 Å². The molecule has 0 atom stereocenters. The number of hydrogen-bond donors (Lipinski definition) is 2. The largest absolute Gasteiger partial charge is 0.462 e. The topological polar surface area (TPSA) is 81.1 Å². The minimum Gasteiger partial charge on any atom is -0.462 e. The number of rotatable bonds is 6. The molecule has 6 heteroatoms. The predicted molar refractivity (Wildman–Crippen MR) is 110 cm³/mol. The Morgan fingerprint density at radius 1 is 1.19 bits per heavy atom. The van der Waals surface area contributed by atoms with Crippen molar-refractivity contribution < 1.29 is 9.53 Å². The lowest BCUT2D eigenvalue weighted by molar-refractivity contribution is 0.0527. The van der Waals surface area contributed by atoms with E-state index in [9.17, 15) is 4.79 Å². The maximum atomic E-state index is 12.4. The normalized spacial score (nSPS) is 10.6. The molecule has 3 rings (SSSR count). The molecule has 0 radical (unpaired) electrons. The van der Waals surface area contributed by atoms with Crippen molar-refractivity contribution >= 4 is 27.7 Å². The number of benzene rings is 2. The Labute approximate surface area is 166 Å². The lowest BCUT2D eigenvalue weighted by Gasteiger charge is -2.05. The number of ether oxygens (including phenoxy) is 1. The van der Waals surface area contributed by atoms with Crippen LogP contribution in [-0.4, -0.2) is 23.0 Å². The van der Waals surface area contributed by atoms with Crippen LogP contribution in [0.1, 0.15) is 28.4 Å². The van der Waals surface area contributed by atoms with Crippen molar-refractivity contribution in [2.75, 3.05) is 6.61 Å². The molecule has 0 spiro atoms. The van der Waals surface area contributed by atoms with Crippen LogP contribution in [0, 0.1) is 5.41 Å². The van der Waals surface area contributed by atoms with E-state index in [2.05, 4.69) is 15.9 Å². The molecule has 0 saturated heterocycles. The van der Waals surface area contributed by atoms with Gasteiger partial charge in [0.15, 0.2) is 0 Å². The molecule has 0 fully saturated rings. The molecule has 0 unspecified atom stereocenters. The van der Waals surface area contributed by atoms with Gasteiger partial charge in [-0.25, -0.2) is 4.79 Å². The molecule has 138 valence electrons. The van der Waals surface area contributed by atoms with Crippen LogP contribution in [0.2, 0.25) is 0 Å². The van der Waals surface area contributed by atoms with E-state index in [4.69, 9.17) is 15.9 Å². The summed E-state index contributed by atoms with van der Waals surface area (Å²) in [6.45, 7) is 2.68. The molecule has 0 bridgehead atoms. The van der Waals surface area contributed by atoms with Crippen LogP contribution in [0.25, 0.3) is 11.1 Å². The molecular formula is C21H20BrN3O2. The van der Waals surface area contributed by atoms with Crippen LogP contribution in [-0.2, 0) is 11.3 Å². The first-order valence-electron chi connectivity index (χ1n) is 8.54. The van der Waals surface area contributed by atoms with Crippen LogP contribution in [0.15, 0.2) is 65.4 Å². The van der Waals surface area contributed by atoms with Gasteiger partial charge < -0.3 is 15.0 Å². The number of carbonyl (C=O) groups excluding carboxylic acids is 1. The van der Waals surface area contributed by atoms with Crippen LogP contribution < -0.4 is 5.73 Å². The van der Waals surface area contributed by atoms with Crippen LogP contribution in [0.5, 0.6) is 0 Å². The number of nitrogens with zero attached hydrogens (tertiary/aromatic N) is 1.